The molecule has 3 heteroatoms. The minimum atomic E-state index is 0.657. The smallest absolute Gasteiger partial charge is 0.127 e. The summed E-state index contributed by atoms with van der Waals surface area (Å²) in [6.45, 7) is 4.41. The molecule has 1 aliphatic carbocycles. The van der Waals surface area contributed by atoms with Crippen LogP contribution in [0.3, 0.4) is 0 Å². The molecule has 2 N–H and O–H groups in total. The average Bonchev–Trinajstić information content (AvgIpc) is 3.04. The third-order valence-corrected chi connectivity index (χ3v) is 3.25. The molecule has 90 valence electrons. The summed E-state index contributed by atoms with van der Waals surface area (Å²) < 4.78 is 2.30. The molecular weight excluding hydrogens is 198 g/mol. The Morgan fingerprint density at radius 3 is 2.56 bits per heavy atom. The molecule has 16 heavy (non-hydrogen) atoms. The van der Waals surface area contributed by atoms with E-state index in [1.165, 1.54) is 31.5 Å². The van der Waals surface area contributed by atoms with Crippen LogP contribution in [0.5, 0.6) is 0 Å². The van der Waals surface area contributed by atoms with Gasteiger partial charge < -0.3 is 10.3 Å². The van der Waals surface area contributed by atoms with Crippen LogP contribution in [0, 0.1) is 0 Å². The minimum absolute atomic E-state index is 0.657. The molecule has 0 unspecified atom stereocenters. The summed E-state index contributed by atoms with van der Waals surface area (Å²) >= 11 is 0. The Morgan fingerprint density at radius 1 is 1.25 bits per heavy atom. The summed E-state index contributed by atoms with van der Waals surface area (Å²) in [5, 5.41) is 0. The van der Waals surface area contributed by atoms with Crippen LogP contribution >= 0.6 is 0 Å². The predicted molar refractivity (Wildman–Crippen MR) is 67.5 cm³/mol. The molecule has 0 amide bonds. The maximum absolute atomic E-state index is 6.22. The van der Waals surface area contributed by atoms with Gasteiger partial charge in [-0.25, -0.2) is 4.98 Å². The number of unbranched alkanes of at least 4 members (excludes halogenated alkanes) is 1. The van der Waals surface area contributed by atoms with E-state index in [0.717, 1.165) is 30.8 Å². The Balaban J connectivity index is 2.21. The van der Waals surface area contributed by atoms with Crippen LogP contribution in [0.4, 0.5) is 5.82 Å². The Kier molecular flexibility index (Phi) is 3.52. The predicted octanol–water partition coefficient (Wildman–Crippen LogP) is 3.10. The van der Waals surface area contributed by atoms with Gasteiger partial charge in [0.1, 0.15) is 11.6 Å². The highest BCUT2D eigenvalue weighted by atomic mass is 15.2. The standard InChI is InChI=1S/C13H23N3/c1-3-5-7-11-13(14)16(10-8-9-10)12(15-11)6-4-2/h10H,3-9,14H2,1-2H3. The van der Waals surface area contributed by atoms with Gasteiger partial charge in [-0.1, -0.05) is 20.3 Å². The molecule has 1 heterocycles. The van der Waals surface area contributed by atoms with E-state index in [2.05, 4.69) is 18.4 Å². The van der Waals surface area contributed by atoms with E-state index in [9.17, 15) is 0 Å². The van der Waals surface area contributed by atoms with E-state index >= 15 is 0 Å². The third kappa shape index (κ3) is 2.23. The van der Waals surface area contributed by atoms with Gasteiger partial charge in [0.2, 0.25) is 0 Å². The SMILES string of the molecule is CCCCc1nc(CCC)n(C2CC2)c1N. The molecular formula is C13H23N3. The molecule has 3 nitrogen and oxygen atoms in total. The molecule has 0 bridgehead atoms. The molecule has 0 spiro atoms. The number of rotatable bonds is 6. The van der Waals surface area contributed by atoms with Crippen molar-refractivity contribution >= 4 is 5.82 Å². The fourth-order valence-corrected chi connectivity index (χ4v) is 2.21. The maximum atomic E-state index is 6.22. The largest absolute Gasteiger partial charge is 0.384 e. The first-order valence-corrected chi connectivity index (χ1v) is 6.63. The van der Waals surface area contributed by atoms with Crippen LogP contribution < -0.4 is 5.73 Å². The fraction of sp³-hybridized carbons (Fsp3) is 0.769. The van der Waals surface area contributed by atoms with Crippen molar-refractivity contribution in [1.82, 2.24) is 9.55 Å². The second-order valence-electron chi connectivity index (χ2n) is 4.81. The number of nitrogen functional groups attached to an aromatic ring is 1. The number of imidazole rings is 1. The number of nitrogens with zero attached hydrogens (tertiary/aromatic N) is 2. The average molecular weight is 221 g/mol. The molecule has 0 aliphatic heterocycles. The fourth-order valence-electron chi connectivity index (χ4n) is 2.21. The normalized spacial score (nSPS) is 15.6. The summed E-state index contributed by atoms with van der Waals surface area (Å²) in [6.07, 6.45) is 8.22. The van der Waals surface area contributed by atoms with Crippen molar-refractivity contribution < 1.29 is 0 Å². The van der Waals surface area contributed by atoms with Gasteiger partial charge in [0.15, 0.2) is 0 Å². The van der Waals surface area contributed by atoms with Crippen LogP contribution in [0.25, 0.3) is 0 Å². The number of hydrogen-bond donors (Lipinski definition) is 1. The van der Waals surface area contributed by atoms with Gasteiger partial charge in [-0.2, -0.15) is 0 Å². The van der Waals surface area contributed by atoms with E-state index in [-0.39, 0.29) is 0 Å². The first-order chi connectivity index (χ1) is 7.77. The number of nitrogens with two attached hydrogens (primary N) is 1. The van der Waals surface area contributed by atoms with E-state index in [0.29, 0.717) is 6.04 Å². The Bertz CT molecular complexity index is 350. The van der Waals surface area contributed by atoms with E-state index in [1.807, 2.05) is 0 Å². The lowest BCUT2D eigenvalue weighted by atomic mass is 10.2. The van der Waals surface area contributed by atoms with Crippen LogP contribution in [0.1, 0.15) is 63.5 Å². The van der Waals surface area contributed by atoms with Crippen molar-refractivity contribution in [2.45, 2.75) is 64.8 Å². The molecule has 1 saturated carbocycles. The van der Waals surface area contributed by atoms with Crippen molar-refractivity contribution in [3.8, 4) is 0 Å². The van der Waals surface area contributed by atoms with Crippen molar-refractivity contribution in [1.29, 1.82) is 0 Å². The topological polar surface area (TPSA) is 43.8 Å². The van der Waals surface area contributed by atoms with Crippen LogP contribution in [-0.2, 0) is 12.8 Å². The Morgan fingerprint density at radius 2 is 2.00 bits per heavy atom. The third-order valence-electron chi connectivity index (χ3n) is 3.25. The zero-order valence-corrected chi connectivity index (χ0v) is 10.5. The molecule has 1 fully saturated rings. The lowest BCUT2D eigenvalue weighted by Crippen LogP contribution is -2.05. The highest BCUT2D eigenvalue weighted by molar-refractivity contribution is 5.40. The summed E-state index contributed by atoms with van der Waals surface area (Å²) in [7, 11) is 0. The minimum Gasteiger partial charge on any atom is -0.384 e. The van der Waals surface area contributed by atoms with Gasteiger partial charge in [-0.15, -0.1) is 0 Å². The van der Waals surface area contributed by atoms with Gasteiger partial charge in [0.25, 0.3) is 0 Å². The first-order valence-electron chi connectivity index (χ1n) is 6.63. The first kappa shape index (κ1) is 11.5. The molecule has 2 rings (SSSR count). The Hall–Kier alpha value is -0.990. The van der Waals surface area contributed by atoms with Crippen LogP contribution in [0.2, 0.25) is 0 Å². The van der Waals surface area contributed by atoms with Gasteiger partial charge in [-0.3, -0.25) is 0 Å². The van der Waals surface area contributed by atoms with Crippen LogP contribution in [0.15, 0.2) is 0 Å². The van der Waals surface area contributed by atoms with E-state index in [1.54, 1.807) is 0 Å². The quantitative estimate of drug-likeness (QED) is 0.802. The highest BCUT2D eigenvalue weighted by Crippen LogP contribution is 2.39. The molecule has 1 aliphatic rings. The summed E-state index contributed by atoms with van der Waals surface area (Å²) in [5.41, 5.74) is 7.35. The second kappa shape index (κ2) is 4.89. The van der Waals surface area contributed by atoms with Gasteiger partial charge >= 0.3 is 0 Å². The highest BCUT2D eigenvalue weighted by Gasteiger charge is 2.29. The lowest BCUT2D eigenvalue weighted by Gasteiger charge is -2.07. The summed E-state index contributed by atoms with van der Waals surface area (Å²) in [5.74, 6) is 2.16. The van der Waals surface area contributed by atoms with Crippen molar-refractivity contribution in [3.63, 3.8) is 0 Å². The lowest BCUT2D eigenvalue weighted by molar-refractivity contribution is 0.676. The van der Waals surface area contributed by atoms with E-state index < -0.39 is 0 Å². The summed E-state index contributed by atoms with van der Waals surface area (Å²) in [4.78, 5) is 4.74. The van der Waals surface area contributed by atoms with Crippen molar-refractivity contribution in [2.24, 2.45) is 0 Å². The van der Waals surface area contributed by atoms with Crippen LogP contribution in [-0.4, -0.2) is 9.55 Å². The zero-order valence-electron chi connectivity index (χ0n) is 10.5. The zero-order chi connectivity index (χ0) is 11.5. The number of anilines is 1. The van der Waals surface area contributed by atoms with Gasteiger partial charge in [-0.05, 0) is 32.1 Å². The maximum Gasteiger partial charge on any atom is 0.127 e. The Labute approximate surface area is 98.1 Å². The van der Waals surface area contributed by atoms with E-state index in [4.69, 9.17) is 10.7 Å². The van der Waals surface area contributed by atoms with Crippen molar-refractivity contribution in [3.05, 3.63) is 11.5 Å². The monoisotopic (exact) mass is 221 g/mol. The number of hydrogen-bond acceptors (Lipinski definition) is 2. The molecule has 0 radical (unpaired) electrons. The molecule has 1 aromatic rings. The molecule has 0 saturated heterocycles. The second-order valence-corrected chi connectivity index (χ2v) is 4.81. The molecule has 0 aromatic carbocycles. The number of aryl methyl sites for hydroxylation is 2. The van der Waals surface area contributed by atoms with Crippen molar-refractivity contribution in [2.75, 3.05) is 5.73 Å². The van der Waals surface area contributed by atoms with Gasteiger partial charge in [0, 0.05) is 12.5 Å². The molecule has 0 atom stereocenters. The number of aromatic nitrogens is 2. The van der Waals surface area contributed by atoms with Gasteiger partial charge in [0.05, 0.1) is 5.69 Å². The summed E-state index contributed by atoms with van der Waals surface area (Å²) in [6, 6.07) is 0.657. The molecule has 1 aromatic heterocycles.